The molecule has 0 saturated carbocycles. The van der Waals surface area contributed by atoms with Crippen LogP contribution in [0.2, 0.25) is 0 Å². The number of nitrogens with zero attached hydrogens (tertiary/aromatic N) is 1. The number of hydrogen-bond acceptors (Lipinski definition) is 2. The van der Waals surface area contributed by atoms with Gasteiger partial charge in [0.05, 0.1) is 0 Å². The van der Waals surface area contributed by atoms with Gasteiger partial charge in [0, 0.05) is 6.54 Å². The van der Waals surface area contributed by atoms with Gasteiger partial charge in [0.1, 0.15) is 11.6 Å². The molecular formula is C17H24N2O2. The highest BCUT2D eigenvalue weighted by molar-refractivity contribution is 5.99. The molecule has 0 aliphatic carbocycles. The second-order valence-electron chi connectivity index (χ2n) is 5.69. The van der Waals surface area contributed by atoms with Gasteiger partial charge in [0.25, 0.3) is 0 Å². The van der Waals surface area contributed by atoms with Gasteiger partial charge >= 0.3 is 0 Å². The Labute approximate surface area is 126 Å². The number of amides is 2. The number of carbonyl (C=O) groups is 2. The molecule has 1 N–H and O–H groups in total. The average molecular weight is 288 g/mol. The SMILES string of the molecule is CCC1(CC)NC(=O)C(C)N(CCc2ccccc2)C1=O. The zero-order valence-corrected chi connectivity index (χ0v) is 13.1. The van der Waals surface area contributed by atoms with Crippen LogP contribution < -0.4 is 5.32 Å². The molecule has 0 radical (unpaired) electrons. The Morgan fingerprint density at radius 1 is 1.14 bits per heavy atom. The third-order valence-corrected chi connectivity index (χ3v) is 4.57. The zero-order chi connectivity index (χ0) is 15.5. The summed E-state index contributed by atoms with van der Waals surface area (Å²) in [5, 5.41) is 2.93. The molecule has 1 aliphatic heterocycles. The normalized spacial score (nSPS) is 21.3. The molecule has 21 heavy (non-hydrogen) atoms. The Hall–Kier alpha value is -1.84. The van der Waals surface area contributed by atoms with Gasteiger partial charge in [-0.2, -0.15) is 0 Å². The van der Waals surface area contributed by atoms with Crippen LogP contribution in [-0.4, -0.2) is 34.8 Å². The monoisotopic (exact) mass is 288 g/mol. The molecule has 1 atom stereocenters. The first-order valence-corrected chi connectivity index (χ1v) is 7.71. The van der Waals surface area contributed by atoms with Gasteiger partial charge < -0.3 is 10.2 Å². The molecule has 4 heteroatoms. The minimum absolute atomic E-state index is 0.0497. The summed E-state index contributed by atoms with van der Waals surface area (Å²) in [6, 6.07) is 9.66. The molecule has 0 bridgehead atoms. The van der Waals surface area contributed by atoms with Crippen LogP contribution in [0.3, 0.4) is 0 Å². The maximum Gasteiger partial charge on any atom is 0.248 e. The minimum Gasteiger partial charge on any atom is -0.340 e. The lowest BCUT2D eigenvalue weighted by Crippen LogP contribution is -2.69. The molecule has 1 aromatic carbocycles. The largest absolute Gasteiger partial charge is 0.340 e. The summed E-state index contributed by atoms with van der Waals surface area (Å²) in [7, 11) is 0. The molecule has 1 aliphatic rings. The van der Waals surface area contributed by atoms with Crippen molar-refractivity contribution in [2.24, 2.45) is 0 Å². The van der Waals surface area contributed by atoms with E-state index in [-0.39, 0.29) is 11.8 Å². The lowest BCUT2D eigenvalue weighted by Gasteiger charge is -2.44. The minimum atomic E-state index is -0.722. The summed E-state index contributed by atoms with van der Waals surface area (Å²) in [4.78, 5) is 26.7. The Balaban J connectivity index is 2.15. The van der Waals surface area contributed by atoms with E-state index in [2.05, 4.69) is 5.32 Å². The molecular weight excluding hydrogens is 264 g/mol. The van der Waals surface area contributed by atoms with Crippen molar-refractivity contribution < 1.29 is 9.59 Å². The molecule has 1 heterocycles. The lowest BCUT2D eigenvalue weighted by molar-refractivity contribution is -0.154. The van der Waals surface area contributed by atoms with E-state index in [1.54, 1.807) is 11.8 Å². The van der Waals surface area contributed by atoms with E-state index in [0.29, 0.717) is 19.4 Å². The van der Waals surface area contributed by atoms with E-state index in [9.17, 15) is 9.59 Å². The maximum absolute atomic E-state index is 12.8. The summed E-state index contributed by atoms with van der Waals surface area (Å²) in [6.07, 6.45) is 2.03. The summed E-state index contributed by atoms with van der Waals surface area (Å²) in [6.45, 7) is 6.28. The highest BCUT2D eigenvalue weighted by Crippen LogP contribution is 2.25. The van der Waals surface area contributed by atoms with Crippen LogP contribution in [0.1, 0.15) is 39.2 Å². The van der Waals surface area contributed by atoms with Gasteiger partial charge in [-0.25, -0.2) is 0 Å². The van der Waals surface area contributed by atoms with Crippen molar-refractivity contribution in [2.45, 2.75) is 51.6 Å². The number of rotatable bonds is 5. The van der Waals surface area contributed by atoms with Crippen LogP contribution >= 0.6 is 0 Å². The predicted octanol–water partition coefficient (Wildman–Crippen LogP) is 2.13. The molecule has 2 rings (SSSR count). The molecule has 1 unspecified atom stereocenters. The number of hydrogen-bond donors (Lipinski definition) is 1. The standard InChI is InChI=1S/C17H24N2O2/c1-4-17(5-2)16(21)19(13(3)15(20)18-17)12-11-14-9-7-6-8-10-14/h6-10,13H,4-5,11-12H2,1-3H3,(H,18,20). The summed E-state index contributed by atoms with van der Waals surface area (Å²) < 4.78 is 0. The predicted molar refractivity (Wildman–Crippen MR) is 82.8 cm³/mol. The first-order chi connectivity index (χ1) is 10.0. The Morgan fingerprint density at radius 2 is 1.76 bits per heavy atom. The number of benzene rings is 1. The van der Waals surface area contributed by atoms with Crippen LogP contribution in [0.25, 0.3) is 0 Å². The van der Waals surface area contributed by atoms with E-state index < -0.39 is 11.6 Å². The van der Waals surface area contributed by atoms with Crippen LogP contribution in [0, 0.1) is 0 Å². The molecule has 0 spiro atoms. The Morgan fingerprint density at radius 3 is 2.33 bits per heavy atom. The van der Waals surface area contributed by atoms with Gasteiger partial charge in [0.15, 0.2) is 0 Å². The summed E-state index contributed by atoms with van der Waals surface area (Å²) >= 11 is 0. The maximum atomic E-state index is 12.8. The summed E-state index contributed by atoms with van der Waals surface area (Å²) in [5.41, 5.74) is 0.461. The zero-order valence-electron chi connectivity index (χ0n) is 13.1. The Bertz CT molecular complexity index is 509. The molecule has 1 aromatic rings. The molecule has 4 nitrogen and oxygen atoms in total. The fraction of sp³-hybridized carbons (Fsp3) is 0.529. The molecule has 2 amide bonds. The molecule has 1 saturated heterocycles. The second kappa shape index (κ2) is 6.29. The van der Waals surface area contributed by atoms with Crippen LogP contribution in [0.4, 0.5) is 0 Å². The third kappa shape index (κ3) is 2.94. The molecule has 1 fully saturated rings. The van der Waals surface area contributed by atoms with Gasteiger partial charge in [-0.1, -0.05) is 44.2 Å². The van der Waals surface area contributed by atoms with Gasteiger partial charge in [0.2, 0.25) is 11.8 Å². The highest BCUT2D eigenvalue weighted by Gasteiger charge is 2.46. The number of carbonyl (C=O) groups excluding carboxylic acids is 2. The van der Waals surface area contributed by atoms with Crippen molar-refractivity contribution in [3.63, 3.8) is 0 Å². The fourth-order valence-corrected chi connectivity index (χ4v) is 2.90. The fourth-order valence-electron chi connectivity index (χ4n) is 2.90. The topological polar surface area (TPSA) is 49.4 Å². The number of nitrogens with one attached hydrogen (secondary N) is 1. The van der Waals surface area contributed by atoms with Gasteiger partial charge in [-0.15, -0.1) is 0 Å². The quantitative estimate of drug-likeness (QED) is 0.902. The third-order valence-electron chi connectivity index (χ3n) is 4.57. The average Bonchev–Trinajstić information content (AvgIpc) is 2.52. The Kier molecular flexibility index (Phi) is 4.66. The van der Waals surface area contributed by atoms with Crippen molar-refractivity contribution in [3.8, 4) is 0 Å². The van der Waals surface area contributed by atoms with E-state index in [1.807, 2.05) is 44.2 Å². The van der Waals surface area contributed by atoms with E-state index in [4.69, 9.17) is 0 Å². The van der Waals surface area contributed by atoms with Crippen LogP contribution in [0.15, 0.2) is 30.3 Å². The van der Waals surface area contributed by atoms with Gasteiger partial charge in [-0.3, -0.25) is 9.59 Å². The van der Waals surface area contributed by atoms with E-state index in [1.165, 1.54) is 5.56 Å². The second-order valence-corrected chi connectivity index (χ2v) is 5.69. The smallest absolute Gasteiger partial charge is 0.248 e. The van der Waals surface area contributed by atoms with E-state index in [0.717, 1.165) is 6.42 Å². The first kappa shape index (κ1) is 15.5. The van der Waals surface area contributed by atoms with Crippen LogP contribution in [-0.2, 0) is 16.0 Å². The van der Waals surface area contributed by atoms with Crippen LogP contribution in [0.5, 0.6) is 0 Å². The van der Waals surface area contributed by atoms with Gasteiger partial charge in [-0.05, 0) is 31.7 Å². The first-order valence-electron chi connectivity index (χ1n) is 7.71. The lowest BCUT2D eigenvalue weighted by atomic mass is 9.87. The van der Waals surface area contributed by atoms with Crippen molar-refractivity contribution in [1.29, 1.82) is 0 Å². The number of piperazine rings is 1. The summed E-state index contributed by atoms with van der Waals surface area (Å²) in [5.74, 6) is 0.00175. The molecule has 114 valence electrons. The van der Waals surface area contributed by atoms with Crippen molar-refractivity contribution >= 4 is 11.8 Å². The van der Waals surface area contributed by atoms with Crippen molar-refractivity contribution in [1.82, 2.24) is 10.2 Å². The van der Waals surface area contributed by atoms with Crippen molar-refractivity contribution in [3.05, 3.63) is 35.9 Å². The van der Waals surface area contributed by atoms with Crippen molar-refractivity contribution in [2.75, 3.05) is 6.54 Å². The van der Waals surface area contributed by atoms with E-state index >= 15 is 0 Å². The highest BCUT2D eigenvalue weighted by atomic mass is 16.2. The molecule has 0 aromatic heterocycles.